The molecule has 4 aliphatic rings. The standard InChI is InChI=1S/C28H32FN5O/c1-19-23-16-28(19,23)26(35)33-13-11-32(12-14-33)24-7-10-31-34-17-21(15-25(24)34)20-3-5-22(6-4-20)27(29)8-2-9-30-18-27/h3-7,10,15,17,19,23,30H,2,8-9,11-14,16,18H2,1H3/t19-,23-,27-,28+/m1/s1. The number of piperidine rings is 1. The summed E-state index contributed by atoms with van der Waals surface area (Å²) in [5, 5.41) is 7.73. The van der Waals surface area contributed by atoms with Gasteiger partial charge in [-0.05, 0) is 60.9 Å². The van der Waals surface area contributed by atoms with E-state index in [2.05, 4.69) is 39.3 Å². The van der Waals surface area contributed by atoms with E-state index in [0.717, 1.165) is 73.5 Å². The molecular weight excluding hydrogens is 441 g/mol. The SMILES string of the molecule is C[C@@H]1[C@H]2C[C@]12C(=O)N1CCN(c2ccnn3cc(-c4ccc([C@@]5(F)CCCNC5)cc4)cc23)CC1. The van der Waals surface area contributed by atoms with Crippen LogP contribution in [-0.4, -0.2) is 59.7 Å². The van der Waals surface area contributed by atoms with E-state index in [1.165, 1.54) is 0 Å². The van der Waals surface area contributed by atoms with Gasteiger partial charge in [-0.15, -0.1) is 0 Å². The molecule has 182 valence electrons. The highest BCUT2D eigenvalue weighted by Gasteiger charge is 2.81. The molecule has 4 fully saturated rings. The smallest absolute Gasteiger partial charge is 0.229 e. The maximum absolute atomic E-state index is 15.3. The van der Waals surface area contributed by atoms with Gasteiger partial charge in [-0.25, -0.2) is 8.91 Å². The van der Waals surface area contributed by atoms with Crippen LogP contribution < -0.4 is 10.2 Å². The summed E-state index contributed by atoms with van der Waals surface area (Å²) in [5.74, 6) is 1.65. The maximum atomic E-state index is 15.3. The van der Waals surface area contributed by atoms with E-state index < -0.39 is 5.67 Å². The quantitative estimate of drug-likeness (QED) is 0.625. The van der Waals surface area contributed by atoms with Crippen molar-refractivity contribution in [1.29, 1.82) is 0 Å². The second kappa shape index (κ2) is 7.53. The fourth-order valence-corrected chi connectivity index (χ4v) is 6.62. The van der Waals surface area contributed by atoms with Crippen molar-refractivity contribution >= 4 is 17.1 Å². The molecule has 35 heavy (non-hydrogen) atoms. The fourth-order valence-electron chi connectivity index (χ4n) is 6.62. The van der Waals surface area contributed by atoms with Crippen LogP contribution in [-0.2, 0) is 10.5 Å². The molecule has 6 nitrogen and oxygen atoms in total. The highest BCUT2D eigenvalue weighted by molar-refractivity contribution is 5.91. The number of anilines is 1. The van der Waals surface area contributed by atoms with Crippen LogP contribution in [0.3, 0.4) is 0 Å². The first-order valence-electron chi connectivity index (χ1n) is 13.0. The Morgan fingerprint density at radius 2 is 1.89 bits per heavy atom. The van der Waals surface area contributed by atoms with Crippen LogP contribution in [0.4, 0.5) is 10.1 Å². The minimum atomic E-state index is -1.28. The van der Waals surface area contributed by atoms with Gasteiger partial charge in [0, 0.05) is 50.7 Å². The molecule has 0 bridgehead atoms. The van der Waals surface area contributed by atoms with Crippen molar-refractivity contribution in [2.24, 2.45) is 17.3 Å². The van der Waals surface area contributed by atoms with Crippen LogP contribution in [0.25, 0.3) is 16.6 Å². The fraction of sp³-hybridized carbons (Fsp3) is 0.500. The molecule has 7 heteroatoms. The lowest BCUT2D eigenvalue weighted by Crippen LogP contribution is -2.50. The Morgan fingerprint density at radius 3 is 2.54 bits per heavy atom. The number of benzene rings is 1. The van der Waals surface area contributed by atoms with Crippen molar-refractivity contribution in [3.8, 4) is 11.1 Å². The molecule has 2 saturated heterocycles. The Labute approximate surface area is 205 Å². The van der Waals surface area contributed by atoms with Crippen LogP contribution in [0.5, 0.6) is 0 Å². The lowest BCUT2D eigenvalue weighted by atomic mass is 9.87. The largest absolute Gasteiger partial charge is 0.366 e. The van der Waals surface area contributed by atoms with Gasteiger partial charge >= 0.3 is 0 Å². The topological polar surface area (TPSA) is 52.9 Å². The second-order valence-electron chi connectivity index (χ2n) is 11.0. The zero-order chi connectivity index (χ0) is 23.8. The van der Waals surface area contributed by atoms with Crippen LogP contribution in [0.15, 0.2) is 48.8 Å². The zero-order valence-corrected chi connectivity index (χ0v) is 20.2. The second-order valence-corrected chi connectivity index (χ2v) is 11.0. The normalized spacial score (nSPS) is 31.9. The molecule has 4 heterocycles. The number of alkyl halides is 1. The van der Waals surface area contributed by atoms with Crippen molar-refractivity contribution in [3.63, 3.8) is 0 Å². The average molecular weight is 474 g/mol. The molecule has 2 aliphatic heterocycles. The van der Waals surface area contributed by atoms with Gasteiger partial charge in [0.15, 0.2) is 0 Å². The number of piperazine rings is 1. The predicted octanol–water partition coefficient (Wildman–Crippen LogP) is 3.85. The maximum Gasteiger partial charge on any atom is 0.229 e. The number of nitrogens with zero attached hydrogens (tertiary/aromatic N) is 4. The van der Waals surface area contributed by atoms with Crippen molar-refractivity contribution < 1.29 is 9.18 Å². The monoisotopic (exact) mass is 473 g/mol. The van der Waals surface area contributed by atoms with Gasteiger partial charge in [0.2, 0.25) is 5.91 Å². The third kappa shape index (κ3) is 3.24. The van der Waals surface area contributed by atoms with E-state index in [-0.39, 0.29) is 5.41 Å². The van der Waals surface area contributed by atoms with Crippen molar-refractivity contribution in [2.45, 2.75) is 31.9 Å². The van der Waals surface area contributed by atoms with E-state index in [0.29, 0.717) is 30.7 Å². The molecular formula is C28H32FN5O. The number of rotatable bonds is 4. The van der Waals surface area contributed by atoms with Gasteiger partial charge in [0.1, 0.15) is 5.67 Å². The summed E-state index contributed by atoms with van der Waals surface area (Å²) in [6, 6.07) is 12.1. The van der Waals surface area contributed by atoms with Crippen LogP contribution in [0.1, 0.15) is 31.7 Å². The van der Waals surface area contributed by atoms with Gasteiger partial charge in [0.05, 0.1) is 16.6 Å². The highest BCUT2D eigenvalue weighted by Crippen LogP contribution is 2.80. The Balaban J connectivity index is 1.10. The van der Waals surface area contributed by atoms with E-state index in [1.54, 1.807) is 0 Å². The van der Waals surface area contributed by atoms with Gasteiger partial charge in [0.25, 0.3) is 0 Å². The van der Waals surface area contributed by atoms with Crippen LogP contribution in [0, 0.1) is 17.3 Å². The lowest BCUT2D eigenvalue weighted by molar-refractivity contribution is -0.135. The number of carbonyl (C=O) groups is 1. The van der Waals surface area contributed by atoms with E-state index >= 15 is 4.39 Å². The van der Waals surface area contributed by atoms with Crippen LogP contribution >= 0.6 is 0 Å². The van der Waals surface area contributed by atoms with Gasteiger partial charge in [-0.1, -0.05) is 31.2 Å². The number of amides is 1. The summed E-state index contributed by atoms with van der Waals surface area (Å²) in [6.45, 7) is 6.73. The minimum absolute atomic E-state index is 0.0212. The Kier molecular flexibility index (Phi) is 4.60. The number of carbonyl (C=O) groups excluding carboxylic acids is 1. The summed E-state index contributed by atoms with van der Waals surface area (Å²) in [6.07, 6.45) is 6.43. The minimum Gasteiger partial charge on any atom is -0.366 e. The Morgan fingerprint density at radius 1 is 1.11 bits per heavy atom. The van der Waals surface area contributed by atoms with Crippen molar-refractivity contribution in [1.82, 2.24) is 19.8 Å². The molecule has 2 aromatic heterocycles. The first-order valence-corrected chi connectivity index (χ1v) is 13.0. The molecule has 1 aromatic carbocycles. The van der Waals surface area contributed by atoms with Gasteiger partial charge < -0.3 is 15.1 Å². The summed E-state index contributed by atoms with van der Waals surface area (Å²) < 4.78 is 17.3. The lowest BCUT2D eigenvalue weighted by Gasteiger charge is -2.37. The number of nitrogens with one attached hydrogen (secondary N) is 1. The summed E-state index contributed by atoms with van der Waals surface area (Å²) in [4.78, 5) is 17.4. The zero-order valence-electron chi connectivity index (χ0n) is 20.2. The molecule has 7 rings (SSSR count). The summed E-state index contributed by atoms with van der Waals surface area (Å²) in [7, 11) is 0. The first-order chi connectivity index (χ1) is 17.0. The van der Waals surface area contributed by atoms with Crippen LogP contribution in [0.2, 0.25) is 0 Å². The molecule has 2 aliphatic carbocycles. The van der Waals surface area contributed by atoms with Crippen molar-refractivity contribution in [2.75, 3.05) is 44.2 Å². The number of hydrogen-bond acceptors (Lipinski definition) is 4. The number of halogens is 1. The third-order valence-corrected chi connectivity index (χ3v) is 9.23. The number of fused-ring (bicyclic) bond motifs is 2. The molecule has 1 N–H and O–H groups in total. The van der Waals surface area contributed by atoms with Gasteiger partial charge in [-0.3, -0.25) is 4.79 Å². The van der Waals surface area contributed by atoms with E-state index in [9.17, 15) is 4.79 Å². The summed E-state index contributed by atoms with van der Waals surface area (Å²) in [5.41, 5.74) is 3.83. The Bertz CT molecular complexity index is 1280. The average Bonchev–Trinajstić information content (AvgIpc) is 3.73. The molecule has 0 unspecified atom stereocenters. The van der Waals surface area contributed by atoms with Crippen molar-refractivity contribution in [3.05, 3.63) is 54.4 Å². The molecule has 1 amide bonds. The third-order valence-electron chi connectivity index (χ3n) is 9.23. The molecule has 4 atom stereocenters. The molecule has 2 saturated carbocycles. The Hall–Kier alpha value is -2.93. The molecule has 0 spiro atoms. The highest BCUT2D eigenvalue weighted by atomic mass is 19.1. The number of hydrogen-bond donors (Lipinski definition) is 1. The predicted molar refractivity (Wildman–Crippen MR) is 134 cm³/mol. The number of aromatic nitrogens is 2. The van der Waals surface area contributed by atoms with Gasteiger partial charge in [-0.2, -0.15) is 5.10 Å². The summed E-state index contributed by atoms with van der Waals surface area (Å²) >= 11 is 0. The molecule has 0 radical (unpaired) electrons. The first kappa shape index (κ1) is 21.4. The molecule has 3 aromatic rings. The van der Waals surface area contributed by atoms with E-state index in [4.69, 9.17) is 0 Å². The van der Waals surface area contributed by atoms with E-state index in [1.807, 2.05) is 41.2 Å².